The Morgan fingerprint density at radius 3 is 2.21 bits per heavy atom. The first kappa shape index (κ1) is 21.4. The quantitative estimate of drug-likeness (QED) is 0.722. The largest absolute Gasteiger partial charge is 0.494 e. The monoisotopic (exact) mass is 394 g/mol. The van der Waals surface area contributed by atoms with Gasteiger partial charge in [0.1, 0.15) is 5.75 Å². The van der Waals surface area contributed by atoms with Gasteiger partial charge in [0.2, 0.25) is 0 Å². The highest BCUT2D eigenvalue weighted by Crippen LogP contribution is 2.28. The molecule has 0 unspecified atom stereocenters. The van der Waals surface area contributed by atoms with Crippen molar-refractivity contribution >= 4 is 5.91 Å². The van der Waals surface area contributed by atoms with Gasteiger partial charge in [-0.05, 0) is 73.7 Å². The zero-order valence-corrected chi connectivity index (χ0v) is 18.2. The topological polar surface area (TPSA) is 41.6 Å². The van der Waals surface area contributed by atoms with E-state index in [1.54, 1.807) is 0 Å². The Hall–Kier alpha value is -2.33. The molecule has 0 radical (unpaired) electrons. The number of nitrogens with one attached hydrogen (secondary N) is 1. The molecule has 0 aromatic heterocycles. The predicted octanol–water partition coefficient (Wildman–Crippen LogP) is 4.95. The fraction of sp³-hybridized carbons (Fsp3) is 0.480. The van der Waals surface area contributed by atoms with E-state index in [1.807, 2.05) is 31.2 Å². The Bertz CT molecular complexity index is 785. The number of carbonyl (C=O) groups excluding carboxylic acids is 1. The van der Waals surface area contributed by atoms with E-state index in [0.29, 0.717) is 18.7 Å². The van der Waals surface area contributed by atoms with Crippen molar-refractivity contribution in [1.29, 1.82) is 0 Å². The molecule has 4 nitrogen and oxygen atoms in total. The lowest BCUT2D eigenvalue weighted by Crippen LogP contribution is -2.36. The molecule has 2 aromatic carbocycles. The van der Waals surface area contributed by atoms with E-state index in [0.717, 1.165) is 18.8 Å². The van der Waals surface area contributed by atoms with Crippen molar-refractivity contribution in [3.8, 4) is 5.75 Å². The highest BCUT2D eigenvalue weighted by atomic mass is 16.5. The summed E-state index contributed by atoms with van der Waals surface area (Å²) in [7, 11) is 0. The number of likely N-dealkylation sites (tertiary alicyclic amines) is 1. The van der Waals surface area contributed by atoms with E-state index in [4.69, 9.17) is 4.74 Å². The van der Waals surface area contributed by atoms with Gasteiger partial charge in [-0.1, -0.05) is 45.0 Å². The second kappa shape index (κ2) is 9.45. The van der Waals surface area contributed by atoms with Crippen LogP contribution in [0.5, 0.6) is 5.75 Å². The first-order valence-electron chi connectivity index (χ1n) is 10.7. The van der Waals surface area contributed by atoms with Crippen molar-refractivity contribution in [3.05, 3.63) is 65.2 Å². The first-order valence-corrected chi connectivity index (χ1v) is 10.7. The molecule has 1 atom stereocenters. The smallest absolute Gasteiger partial charge is 0.251 e. The third kappa shape index (κ3) is 5.60. The molecule has 4 heteroatoms. The molecule has 0 bridgehead atoms. The van der Waals surface area contributed by atoms with Gasteiger partial charge in [0.05, 0.1) is 12.6 Å². The number of carbonyl (C=O) groups is 1. The minimum atomic E-state index is -0.0384. The van der Waals surface area contributed by atoms with Gasteiger partial charge < -0.3 is 10.1 Å². The van der Waals surface area contributed by atoms with Crippen LogP contribution in [0, 0.1) is 0 Å². The molecule has 1 heterocycles. The zero-order valence-electron chi connectivity index (χ0n) is 18.2. The van der Waals surface area contributed by atoms with Crippen molar-refractivity contribution in [2.75, 3.05) is 26.2 Å². The van der Waals surface area contributed by atoms with Crippen LogP contribution >= 0.6 is 0 Å². The third-order valence-electron chi connectivity index (χ3n) is 5.63. The van der Waals surface area contributed by atoms with Gasteiger partial charge in [-0.3, -0.25) is 9.69 Å². The van der Waals surface area contributed by atoms with Gasteiger partial charge in [0.15, 0.2) is 0 Å². The van der Waals surface area contributed by atoms with Gasteiger partial charge in [0.25, 0.3) is 5.91 Å². The van der Waals surface area contributed by atoms with Gasteiger partial charge in [-0.15, -0.1) is 0 Å². The van der Waals surface area contributed by atoms with E-state index < -0.39 is 0 Å². The van der Waals surface area contributed by atoms with Gasteiger partial charge in [-0.2, -0.15) is 0 Å². The Labute approximate surface area is 175 Å². The Morgan fingerprint density at radius 2 is 1.66 bits per heavy atom. The van der Waals surface area contributed by atoms with E-state index in [2.05, 4.69) is 55.3 Å². The summed E-state index contributed by atoms with van der Waals surface area (Å²) in [6.45, 7) is 12.1. The van der Waals surface area contributed by atoms with E-state index in [-0.39, 0.29) is 17.4 Å². The van der Waals surface area contributed by atoms with Crippen LogP contribution in [0.25, 0.3) is 0 Å². The molecule has 1 amide bonds. The number of nitrogens with zero attached hydrogens (tertiary/aromatic N) is 1. The van der Waals surface area contributed by atoms with Crippen LogP contribution in [0.2, 0.25) is 0 Å². The highest BCUT2D eigenvalue weighted by molar-refractivity contribution is 5.94. The minimum absolute atomic E-state index is 0.0384. The van der Waals surface area contributed by atoms with E-state index >= 15 is 0 Å². The normalized spacial score (nSPS) is 15.9. The molecule has 0 aliphatic carbocycles. The average molecular weight is 395 g/mol. The number of rotatable bonds is 7. The van der Waals surface area contributed by atoms with Crippen LogP contribution in [0.1, 0.15) is 68.1 Å². The summed E-state index contributed by atoms with van der Waals surface area (Å²) in [6.07, 6.45) is 2.45. The summed E-state index contributed by atoms with van der Waals surface area (Å²) in [5, 5.41) is 3.15. The number of hydrogen-bond donors (Lipinski definition) is 1. The maximum absolute atomic E-state index is 12.7. The van der Waals surface area contributed by atoms with Gasteiger partial charge in [0, 0.05) is 12.1 Å². The van der Waals surface area contributed by atoms with Crippen LogP contribution in [0.15, 0.2) is 48.5 Å². The molecule has 1 fully saturated rings. The zero-order chi connectivity index (χ0) is 20.9. The molecule has 0 spiro atoms. The lowest BCUT2D eigenvalue weighted by atomic mass is 9.86. The number of ether oxygens (including phenoxy) is 1. The van der Waals surface area contributed by atoms with E-state index in [9.17, 15) is 4.79 Å². The van der Waals surface area contributed by atoms with Crippen molar-refractivity contribution in [3.63, 3.8) is 0 Å². The Kier molecular flexibility index (Phi) is 6.96. The van der Waals surface area contributed by atoms with Crippen molar-refractivity contribution in [1.82, 2.24) is 10.2 Å². The molecular weight excluding hydrogens is 360 g/mol. The summed E-state index contributed by atoms with van der Waals surface area (Å²) in [5.74, 6) is 0.751. The number of hydrogen-bond acceptors (Lipinski definition) is 3. The summed E-state index contributed by atoms with van der Waals surface area (Å²) in [5.41, 5.74) is 3.41. The maximum Gasteiger partial charge on any atom is 0.251 e. The Morgan fingerprint density at radius 1 is 1.03 bits per heavy atom. The molecular formula is C25H34N2O2. The predicted molar refractivity (Wildman–Crippen MR) is 119 cm³/mol. The minimum Gasteiger partial charge on any atom is -0.494 e. The van der Waals surface area contributed by atoms with Gasteiger partial charge >= 0.3 is 0 Å². The fourth-order valence-electron chi connectivity index (χ4n) is 3.88. The van der Waals surface area contributed by atoms with Crippen LogP contribution in [-0.4, -0.2) is 37.0 Å². The molecule has 1 N–H and O–H groups in total. The molecule has 1 aliphatic rings. The molecule has 156 valence electrons. The molecule has 29 heavy (non-hydrogen) atoms. The fourth-order valence-corrected chi connectivity index (χ4v) is 3.88. The van der Waals surface area contributed by atoms with Crippen LogP contribution in [-0.2, 0) is 5.41 Å². The summed E-state index contributed by atoms with van der Waals surface area (Å²) >= 11 is 0. The van der Waals surface area contributed by atoms with Crippen molar-refractivity contribution in [2.45, 2.75) is 52.0 Å². The SMILES string of the molecule is CCOc1ccc(C(=O)NC[C@@H](c2ccc(C(C)(C)C)cc2)N2CCCC2)cc1. The Balaban J connectivity index is 1.70. The lowest BCUT2D eigenvalue weighted by molar-refractivity contribution is 0.0938. The van der Waals surface area contributed by atoms with Crippen LogP contribution in [0.4, 0.5) is 0 Å². The highest BCUT2D eigenvalue weighted by Gasteiger charge is 2.24. The second-order valence-electron chi connectivity index (χ2n) is 8.80. The maximum atomic E-state index is 12.7. The summed E-state index contributed by atoms with van der Waals surface area (Å²) < 4.78 is 5.46. The molecule has 3 rings (SSSR count). The summed E-state index contributed by atoms with van der Waals surface area (Å²) in [6, 6.07) is 16.5. The number of amides is 1. The van der Waals surface area contributed by atoms with Gasteiger partial charge in [-0.25, -0.2) is 0 Å². The molecule has 0 saturated carbocycles. The van der Waals surface area contributed by atoms with Crippen LogP contribution in [0.3, 0.4) is 0 Å². The first-order chi connectivity index (χ1) is 13.9. The second-order valence-corrected chi connectivity index (χ2v) is 8.80. The average Bonchev–Trinajstić information content (AvgIpc) is 3.23. The van der Waals surface area contributed by atoms with Crippen molar-refractivity contribution < 1.29 is 9.53 Å². The van der Waals surface area contributed by atoms with Crippen molar-refractivity contribution in [2.24, 2.45) is 0 Å². The standard InChI is InChI=1S/C25H34N2O2/c1-5-29-22-14-10-20(11-15-22)24(28)26-18-23(27-16-6-7-17-27)19-8-12-21(13-9-19)25(2,3)4/h8-15,23H,5-7,16-18H2,1-4H3,(H,26,28)/t23-/m0/s1. The molecule has 1 saturated heterocycles. The number of benzene rings is 2. The summed E-state index contributed by atoms with van der Waals surface area (Å²) in [4.78, 5) is 15.2. The van der Waals surface area contributed by atoms with Crippen LogP contribution < -0.4 is 10.1 Å². The third-order valence-corrected chi connectivity index (χ3v) is 5.63. The van der Waals surface area contributed by atoms with E-state index in [1.165, 1.54) is 24.0 Å². The lowest BCUT2D eigenvalue weighted by Gasteiger charge is -2.29. The molecule has 2 aromatic rings. The molecule has 1 aliphatic heterocycles.